The summed E-state index contributed by atoms with van der Waals surface area (Å²) < 4.78 is 0. The summed E-state index contributed by atoms with van der Waals surface area (Å²) in [4.78, 5) is 37.1. The molecule has 1 heterocycles. The Hall–Kier alpha value is -2.15. The molecule has 0 spiro atoms. The van der Waals surface area contributed by atoms with Crippen LogP contribution in [0.1, 0.15) is 47.0 Å². The molecule has 2 aliphatic carbocycles. The zero-order chi connectivity index (χ0) is 18.1. The maximum atomic E-state index is 12.7. The predicted molar refractivity (Wildman–Crippen MR) is 95.6 cm³/mol. The molecular weight excluding hydrogens is 340 g/mol. The Bertz CT molecular complexity index is 753. The van der Waals surface area contributed by atoms with Crippen LogP contribution in [0.25, 0.3) is 0 Å². The Labute approximate surface area is 150 Å². The van der Waals surface area contributed by atoms with Gasteiger partial charge in [-0.2, -0.15) is 0 Å². The smallest absolute Gasteiger partial charge is 0.307 e. The van der Waals surface area contributed by atoms with Crippen molar-refractivity contribution in [1.29, 1.82) is 0 Å². The fourth-order valence-electron chi connectivity index (χ4n) is 3.68. The Balaban J connectivity index is 1.87. The lowest BCUT2D eigenvalue weighted by Gasteiger charge is -2.24. The molecule has 0 aliphatic heterocycles. The minimum atomic E-state index is -0.973. The van der Waals surface area contributed by atoms with Crippen molar-refractivity contribution in [2.24, 2.45) is 23.5 Å². The van der Waals surface area contributed by atoms with Crippen LogP contribution in [0.15, 0.2) is 12.2 Å². The average molecular weight is 362 g/mol. The third-order valence-electron chi connectivity index (χ3n) is 5.08. The number of fused-ring (bicyclic) bond motifs is 1. The first-order valence-corrected chi connectivity index (χ1v) is 9.33. The maximum Gasteiger partial charge on any atom is 0.307 e. The van der Waals surface area contributed by atoms with E-state index in [1.807, 2.05) is 6.08 Å². The van der Waals surface area contributed by atoms with Gasteiger partial charge in [-0.25, -0.2) is 0 Å². The molecule has 0 unspecified atom stereocenters. The van der Waals surface area contributed by atoms with Gasteiger partial charge in [0.05, 0.1) is 17.4 Å². The fourth-order valence-corrected chi connectivity index (χ4v) is 5.10. The molecule has 4 N–H and O–H groups in total. The van der Waals surface area contributed by atoms with Crippen molar-refractivity contribution in [3.05, 3.63) is 28.2 Å². The van der Waals surface area contributed by atoms with Crippen molar-refractivity contribution in [3.8, 4) is 0 Å². The second-order valence-corrected chi connectivity index (χ2v) is 8.01. The van der Waals surface area contributed by atoms with Crippen LogP contribution in [-0.4, -0.2) is 22.9 Å². The number of hydrogen-bond acceptors (Lipinski definition) is 4. The number of carboxylic acids is 1. The minimum absolute atomic E-state index is 0.342. The highest BCUT2D eigenvalue weighted by Crippen LogP contribution is 2.40. The van der Waals surface area contributed by atoms with E-state index in [9.17, 15) is 19.5 Å². The summed E-state index contributed by atoms with van der Waals surface area (Å²) in [6.07, 6.45) is 7.00. The second-order valence-electron chi connectivity index (χ2n) is 6.90. The molecule has 134 valence electrons. The number of allylic oxidation sites excluding steroid dienone is 2. The van der Waals surface area contributed by atoms with E-state index in [1.165, 1.54) is 11.3 Å². The van der Waals surface area contributed by atoms with Crippen LogP contribution in [0.4, 0.5) is 5.00 Å². The lowest BCUT2D eigenvalue weighted by molar-refractivity contribution is -0.146. The number of aliphatic carboxylic acids is 1. The molecule has 0 saturated carbocycles. The molecule has 0 saturated heterocycles. The van der Waals surface area contributed by atoms with E-state index < -0.39 is 23.7 Å². The number of anilines is 1. The first kappa shape index (κ1) is 17.7. The summed E-state index contributed by atoms with van der Waals surface area (Å²) in [6.45, 7) is 2.16. The van der Waals surface area contributed by atoms with Crippen LogP contribution in [0, 0.1) is 17.8 Å². The minimum Gasteiger partial charge on any atom is -0.481 e. The van der Waals surface area contributed by atoms with Gasteiger partial charge < -0.3 is 16.2 Å². The van der Waals surface area contributed by atoms with Gasteiger partial charge >= 0.3 is 5.97 Å². The molecule has 25 heavy (non-hydrogen) atoms. The van der Waals surface area contributed by atoms with Crippen LogP contribution in [-0.2, 0) is 22.4 Å². The Morgan fingerprint density at radius 3 is 2.56 bits per heavy atom. The largest absolute Gasteiger partial charge is 0.481 e. The third kappa shape index (κ3) is 3.46. The molecule has 7 heteroatoms. The van der Waals surface area contributed by atoms with Crippen molar-refractivity contribution < 1.29 is 19.5 Å². The summed E-state index contributed by atoms with van der Waals surface area (Å²) in [6, 6.07) is 0. The van der Waals surface area contributed by atoms with Crippen LogP contribution < -0.4 is 11.1 Å². The first-order chi connectivity index (χ1) is 11.9. The standard InChI is InChI=1S/C18H22N2O4S/c1-9-6-7-12-13(8-9)25-17(14(12)15(19)21)20-16(22)10-4-2-3-5-11(10)18(23)24/h2-3,9-11H,4-8H2,1H3,(H2,19,21)(H,20,22)(H,23,24)/t9-,10+,11-/m0/s1. The predicted octanol–water partition coefficient (Wildman–Crippen LogP) is 2.58. The fraction of sp³-hybridized carbons (Fsp3) is 0.500. The molecule has 0 aromatic carbocycles. The summed E-state index contributed by atoms with van der Waals surface area (Å²) in [5.74, 6) is -2.71. The van der Waals surface area contributed by atoms with Gasteiger partial charge in [-0.05, 0) is 43.6 Å². The maximum absolute atomic E-state index is 12.7. The van der Waals surface area contributed by atoms with E-state index in [0.29, 0.717) is 29.3 Å². The summed E-state index contributed by atoms with van der Waals surface area (Å²) in [5.41, 5.74) is 6.91. The van der Waals surface area contributed by atoms with E-state index in [4.69, 9.17) is 5.73 Å². The summed E-state index contributed by atoms with van der Waals surface area (Å²) in [7, 11) is 0. The van der Waals surface area contributed by atoms with E-state index in [0.717, 1.165) is 29.7 Å². The second kappa shape index (κ2) is 7.00. The molecule has 2 amide bonds. The highest BCUT2D eigenvalue weighted by molar-refractivity contribution is 7.17. The summed E-state index contributed by atoms with van der Waals surface area (Å²) >= 11 is 1.40. The monoisotopic (exact) mass is 362 g/mol. The van der Waals surface area contributed by atoms with Gasteiger partial charge in [0, 0.05) is 4.88 Å². The number of nitrogens with one attached hydrogen (secondary N) is 1. The van der Waals surface area contributed by atoms with Crippen molar-refractivity contribution in [3.63, 3.8) is 0 Å². The number of primary amides is 1. The van der Waals surface area contributed by atoms with Crippen LogP contribution in [0.2, 0.25) is 0 Å². The van der Waals surface area contributed by atoms with Gasteiger partial charge in [-0.1, -0.05) is 19.1 Å². The van der Waals surface area contributed by atoms with Gasteiger partial charge in [-0.15, -0.1) is 11.3 Å². The van der Waals surface area contributed by atoms with Gasteiger partial charge in [-0.3, -0.25) is 14.4 Å². The Kier molecular flexibility index (Phi) is 4.94. The lowest BCUT2D eigenvalue weighted by atomic mass is 9.82. The molecule has 1 aromatic rings. The van der Waals surface area contributed by atoms with Crippen LogP contribution in [0.3, 0.4) is 0 Å². The number of carbonyl (C=O) groups excluding carboxylic acids is 2. The Morgan fingerprint density at radius 1 is 1.24 bits per heavy atom. The number of rotatable bonds is 4. The van der Waals surface area contributed by atoms with Crippen molar-refractivity contribution in [1.82, 2.24) is 0 Å². The quantitative estimate of drug-likeness (QED) is 0.715. The molecule has 3 rings (SSSR count). The molecule has 0 bridgehead atoms. The van der Waals surface area contributed by atoms with E-state index in [1.54, 1.807) is 6.08 Å². The first-order valence-electron chi connectivity index (χ1n) is 8.51. The molecule has 3 atom stereocenters. The Morgan fingerprint density at radius 2 is 1.92 bits per heavy atom. The molecular formula is C18H22N2O4S. The molecule has 2 aliphatic rings. The zero-order valence-corrected chi connectivity index (χ0v) is 14.9. The number of nitrogens with two attached hydrogens (primary N) is 1. The highest BCUT2D eigenvalue weighted by atomic mass is 32.1. The lowest BCUT2D eigenvalue weighted by Crippen LogP contribution is -2.35. The number of hydrogen-bond donors (Lipinski definition) is 3. The SMILES string of the molecule is C[C@H]1CCc2c(sc(NC(=O)[C@@H]3CC=CC[C@@H]3C(=O)O)c2C(N)=O)C1. The molecule has 1 aromatic heterocycles. The van der Waals surface area contributed by atoms with Crippen molar-refractivity contribution in [2.75, 3.05) is 5.32 Å². The zero-order valence-electron chi connectivity index (χ0n) is 14.1. The number of carboxylic acid groups (broad SMARTS) is 1. The third-order valence-corrected chi connectivity index (χ3v) is 6.25. The molecule has 0 fully saturated rings. The average Bonchev–Trinajstić information content (AvgIpc) is 2.91. The topological polar surface area (TPSA) is 109 Å². The van der Waals surface area contributed by atoms with Crippen molar-refractivity contribution >= 4 is 34.1 Å². The summed E-state index contributed by atoms with van der Waals surface area (Å²) in [5, 5.41) is 12.6. The van der Waals surface area contributed by atoms with E-state index >= 15 is 0 Å². The van der Waals surface area contributed by atoms with E-state index in [2.05, 4.69) is 12.2 Å². The van der Waals surface area contributed by atoms with Crippen LogP contribution in [0.5, 0.6) is 0 Å². The number of thiophene rings is 1. The normalized spacial score (nSPS) is 25.2. The number of carbonyl (C=O) groups is 3. The van der Waals surface area contributed by atoms with Crippen molar-refractivity contribution in [2.45, 2.75) is 39.0 Å². The van der Waals surface area contributed by atoms with Crippen LogP contribution >= 0.6 is 11.3 Å². The molecule has 6 nitrogen and oxygen atoms in total. The van der Waals surface area contributed by atoms with Gasteiger partial charge in [0.1, 0.15) is 5.00 Å². The van der Waals surface area contributed by atoms with Gasteiger partial charge in [0.2, 0.25) is 5.91 Å². The van der Waals surface area contributed by atoms with Gasteiger partial charge in [0.15, 0.2) is 0 Å². The van der Waals surface area contributed by atoms with Gasteiger partial charge in [0.25, 0.3) is 5.91 Å². The molecule has 0 radical (unpaired) electrons. The number of amides is 2. The van der Waals surface area contributed by atoms with E-state index in [-0.39, 0.29) is 5.91 Å². The highest BCUT2D eigenvalue weighted by Gasteiger charge is 2.35.